The molecule has 0 radical (unpaired) electrons. The number of hydrogen-bond donors (Lipinski definition) is 2. The van der Waals surface area contributed by atoms with E-state index >= 15 is 0 Å². The van der Waals surface area contributed by atoms with Gasteiger partial charge >= 0.3 is 6.09 Å². The Kier molecular flexibility index (Phi) is 6.01. The second kappa shape index (κ2) is 8.29. The van der Waals surface area contributed by atoms with Gasteiger partial charge in [0.05, 0.1) is 12.4 Å². The number of aliphatic hydroxyl groups is 1. The molecule has 2 atom stereocenters. The van der Waals surface area contributed by atoms with Gasteiger partial charge in [-0.15, -0.1) is 0 Å². The lowest BCUT2D eigenvalue weighted by atomic mass is 9.93. The number of aryl methyl sites for hydroxylation is 1. The number of nitrogens with zero attached hydrogens (tertiary/aromatic N) is 4. The van der Waals surface area contributed by atoms with Crippen LogP contribution in [0.15, 0.2) is 47.9 Å². The number of aliphatic hydroxyl groups excluding tert-OH is 1. The van der Waals surface area contributed by atoms with Gasteiger partial charge in [0.25, 0.3) is 10.0 Å². The molecular formula is C18H24N4O5S. The predicted molar refractivity (Wildman–Crippen MR) is 101 cm³/mol. The van der Waals surface area contributed by atoms with E-state index in [0.29, 0.717) is 0 Å². The molecule has 2 aromatic rings. The fourth-order valence-electron chi connectivity index (χ4n) is 3.59. The molecule has 1 amide bonds. The van der Waals surface area contributed by atoms with Crippen LogP contribution < -0.4 is 0 Å². The average Bonchev–Trinajstić information content (AvgIpc) is 3.30. The molecule has 9 nitrogen and oxygen atoms in total. The first-order valence-corrected chi connectivity index (χ1v) is 10.4. The van der Waals surface area contributed by atoms with Crippen molar-refractivity contribution >= 4 is 16.1 Å². The van der Waals surface area contributed by atoms with Gasteiger partial charge in [-0.25, -0.2) is 18.2 Å². The Hall–Kier alpha value is -2.43. The predicted octanol–water partition coefficient (Wildman–Crippen LogP) is 0.939. The monoisotopic (exact) mass is 408 g/mol. The third-order valence-corrected chi connectivity index (χ3v) is 6.69. The Morgan fingerprint density at radius 1 is 1.29 bits per heavy atom. The van der Waals surface area contributed by atoms with Crippen LogP contribution in [0.3, 0.4) is 0 Å². The second-order valence-corrected chi connectivity index (χ2v) is 8.72. The molecule has 0 spiro atoms. The zero-order chi connectivity index (χ0) is 20.3. The van der Waals surface area contributed by atoms with E-state index in [1.807, 2.05) is 30.3 Å². The van der Waals surface area contributed by atoms with E-state index in [1.54, 1.807) is 11.6 Å². The van der Waals surface area contributed by atoms with Gasteiger partial charge in [0, 0.05) is 45.4 Å². The van der Waals surface area contributed by atoms with Gasteiger partial charge in [0.2, 0.25) is 0 Å². The minimum absolute atomic E-state index is 0.0379. The number of rotatable bonds is 7. The molecule has 2 N–H and O–H groups in total. The third-order valence-electron chi connectivity index (χ3n) is 4.97. The van der Waals surface area contributed by atoms with Crippen LogP contribution in [-0.2, 0) is 17.1 Å². The maximum absolute atomic E-state index is 13.0. The summed E-state index contributed by atoms with van der Waals surface area (Å²) >= 11 is 0. The van der Waals surface area contributed by atoms with Crippen LogP contribution in [0.25, 0.3) is 0 Å². The van der Waals surface area contributed by atoms with E-state index in [9.17, 15) is 18.3 Å². The molecule has 1 aromatic heterocycles. The first-order chi connectivity index (χ1) is 13.3. The molecule has 0 saturated carbocycles. The topological polar surface area (TPSA) is 116 Å². The van der Waals surface area contributed by atoms with Crippen molar-refractivity contribution in [1.29, 1.82) is 0 Å². The lowest BCUT2D eigenvalue weighted by Gasteiger charge is -2.30. The highest BCUT2D eigenvalue weighted by Crippen LogP contribution is 2.34. The van der Waals surface area contributed by atoms with Gasteiger partial charge in [-0.2, -0.15) is 4.31 Å². The normalized spacial score (nSPS) is 20.4. The molecule has 0 aliphatic carbocycles. The van der Waals surface area contributed by atoms with Crippen LogP contribution in [0.2, 0.25) is 0 Å². The molecule has 28 heavy (non-hydrogen) atoms. The Labute approximate surface area is 163 Å². The summed E-state index contributed by atoms with van der Waals surface area (Å²) in [4.78, 5) is 17.1. The summed E-state index contributed by atoms with van der Waals surface area (Å²) < 4.78 is 28.9. The van der Waals surface area contributed by atoms with Gasteiger partial charge in [0.15, 0.2) is 5.03 Å². The van der Waals surface area contributed by atoms with Crippen LogP contribution in [0, 0.1) is 0 Å². The third kappa shape index (κ3) is 4.03. The minimum atomic E-state index is -3.84. The summed E-state index contributed by atoms with van der Waals surface area (Å²) in [6.07, 6.45) is 2.01. The van der Waals surface area contributed by atoms with Crippen molar-refractivity contribution in [3.8, 4) is 0 Å². The van der Waals surface area contributed by atoms with E-state index in [2.05, 4.69) is 4.98 Å². The molecule has 1 aliphatic rings. The summed E-state index contributed by atoms with van der Waals surface area (Å²) in [7, 11) is -2.15. The van der Waals surface area contributed by atoms with Crippen LogP contribution in [0.5, 0.6) is 0 Å². The smallest absolute Gasteiger partial charge is 0.407 e. The van der Waals surface area contributed by atoms with E-state index in [0.717, 1.165) is 5.56 Å². The largest absolute Gasteiger partial charge is 0.465 e. The molecule has 0 unspecified atom stereocenters. The number of carboxylic acid groups (broad SMARTS) is 1. The molecular weight excluding hydrogens is 384 g/mol. The highest BCUT2D eigenvalue weighted by molar-refractivity contribution is 7.89. The zero-order valence-electron chi connectivity index (χ0n) is 15.5. The fourth-order valence-corrected chi connectivity index (χ4v) is 5.04. The van der Waals surface area contributed by atoms with E-state index in [1.165, 1.54) is 21.7 Å². The lowest BCUT2D eigenvalue weighted by Crippen LogP contribution is -2.44. The van der Waals surface area contributed by atoms with E-state index in [-0.39, 0.29) is 43.6 Å². The SMILES string of the molecule is Cn1cnc(S(=O)(=O)N2C[C@H](c3ccccc3)[C@@H](N(CCCO)C(=O)O)C2)c1. The summed E-state index contributed by atoms with van der Waals surface area (Å²) in [5.41, 5.74) is 0.876. The van der Waals surface area contributed by atoms with Crippen molar-refractivity contribution < 1.29 is 23.4 Å². The average molecular weight is 408 g/mol. The summed E-state index contributed by atoms with van der Waals surface area (Å²) in [6, 6.07) is 8.75. The molecule has 1 fully saturated rings. The minimum Gasteiger partial charge on any atom is -0.465 e. The first-order valence-electron chi connectivity index (χ1n) is 8.98. The maximum atomic E-state index is 13.0. The molecule has 2 heterocycles. The van der Waals surface area contributed by atoms with E-state index in [4.69, 9.17) is 5.11 Å². The standard InChI is InChI=1S/C18H24N4O5S/c1-20-12-17(19-13-20)28(26,27)21-10-15(14-6-3-2-4-7-14)16(11-21)22(18(24)25)8-5-9-23/h2-4,6-7,12-13,15-16,23H,5,8-11H2,1H3,(H,24,25)/t15-,16+/m1/s1. The molecule has 3 rings (SSSR count). The Morgan fingerprint density at radius 2 is 2.00 bits per heavy atom. The zero-order valence-corrected chi connectivity index (χ0v) is 16.4. The lowest BCUT2D eigenvalue weighted by molar-refractivity contribution is 0.118. The number of carbonyl (C=O) groups is 1. The van der Waals surface area contributed by atoms with Crippen molar-refractivity contribution in [2.45, 2.75) is 23.4 Å². The molecule has 1 aliphatic heterocycles. The molecule has 0 bridgehead atoms. The van der Waals surface area contributed by atoms with Gasteiger partial charge in [-0.1, -0.05) is 30.3 Å². The van der Waals surface area contributed by atoms with Gasteiger partial charge < -0.3 is 19.7 Å². The Morgan fingerprint density at radius 3 is 2.57 bits per heavy atom. The number of aromatic nitrogens is 2. The van der Waals surface area contributed by atoms with Crippen molar-refractivity contribution in [3.05, 3.63) is 48.4 Å². The first kappa shape index (κ1) is 20.3. The number of benzene rings is 1. The van der Waals surface area contributed by atoms with Crippen LogP contribution in [-0.4, -0.2) is 75.8 Å². The van der Waals surface area contributed by atoms with Crippen LogP contribution >= 0.6 is 0 Å². The van der Waals surface area contributed by atoms with Gasteiger partial charge in [-0.3, -0.25) is 0 Å². The van der Waals surface area contributed by atoms with Crippen molar-refractivity contribution in [3.63, 3.8) is 0 Å². The van der Waals surface area contributed by atoms with Crippen LogP contribution in [0.1, 0.15) is 17.9 Å². The number of amides is 1. The van der Waals surface area contributed by atoms with Crippen molar-refractivity contribution in [2.75, 3.05) is 26.2 Å². The van der Waals surface area contributed by atoms with Crippen molar-refractivity contribution in [2.24, 2.45) is 7.05 Å². The highest BCUT2D eigenvalue weighted by Gasteiger charge is 2.44. The second-order valence-electron chi connectivity index (χ2n) is 6.84. The summed E-state index contributed by atoms with van der Waals surface area (Å²) in [6.45, 7) is 0.201. The number of imidazole rings is 1. The maximum Gasteiger partial charge on any atom is 0.407 e. The molecule has 1 aromatic carbocycles. The van der Waals surface area contributed by atoms with Gasteiger partial charge in [-0.05, 0) is 12.0 Å². The molecule has 10 heteroatoms. The molecule has 1 saturated heterocycles. The van der Waals surface area contributed by atoms with Gasteiger partial charge in [0.1, 0.15) is 0 Å². The Balaban J connectivity index is 1.95. The highest BCUT2D eigenvalue weighted by atomic mass is 32.2. The quantitative estimate of drug-likeness (QED) is 0.704. The van der Waals surface area contributed by atoms with Crippen LogP contribution in [0.4, 0.5) is 4.79 Å². The van der Waals surface area contributed by atoms with E-state index < -0.39 is 22.2 Å². The Bertz CT molecular complexity index is 915. The van der Waals surface area contributed by atoms with Crippen molar-refractivity contribution in [1.82, 2.24) is 18.8 Å². The number of sulfonamides is 1. The molecule has 152 valence electrons. The number of hydrogen-bond acceptors (Lipinski definition) is 5. The fraction of sp³-hybridized carbons (Fsp3) is 0.444. The summed E-state index contributed by atoms with van der Waals surface area (Å²) in [5.74, 6) is -0.311. The summed E-state index contributed by atoms with van der Waals surface area (Å²) in [5, 5.41) is 18.8.